The fraction of sp³-hybridized carbons (Fsp3) is 0.263. The third-order valence-corrected chi connectivity index (χ3v) is 7.47. The van der Waals surface area contributed by atoms with Gasteiger partial charge < -0.3 is 5.32 Å². The Bertz CT molecular complexity index is 1090. The van der Waals surface area contributed by atoms with Gasteiger partial charge in [-0.05, 0) is 30.7 Å². The van der Waals surface area contributed by atoms with Gasteiger partial charge in [-0.2, -0.15) is 5.10 Å². The number of hydrogen-bond acceptors (Lipinski definition) is 4. The van der Waals surface area contributed by atoms with Crippen molar-refractivity contribution in [2.24, 2.45) is 7.05 Å². The summed E-state index contributed by atoms with van der Waals surface area (Å²) in [5.74, 6) is -0.497. The number of benzene rings is 1. The minimum Gasteiger partial charge on any atom is -0.329 e. The fourth-order valence-electron chi connectivity index (χ4n) is 2.83. The Morgan fingerprint density at radius 3 is 2.74 bits per heavy atom. The van der Waals surface area contributed by atoms with Gasteiger partial charge in [0, 0.05) is 48.5 Å². The lowest BCUT2D eigenvalue weighted by Gasteiger charge is -2.28. The maximum absolute atomic E-state index is 12.5. The highest BCUT2D eigenvalue weighted by Gasteiger charge is 2.25. The van der Waals surface area contributed by atoms with Crippen molar-refractivity contribution in [1.82, 2.24) is 18.8 Å². The third-order valence-electron chi connectivity index (χ3n) is 4.47. The molecule has 12 heteroatoms. The molecule has 0 aliphatic carbocycles. The zero-order valence-corrected chi connectivity index (χ0v) is 19.8. The van der Waals surface area contributed by atoms with Gasteiger partial charge in [0.2, 0.25) is 6.41 Å². The van der Waals surface area contributed by atoms with E-state index in [9.17, 15) is 13.4 Å². The van der Waals surface area contributed by atoms with Crippen molar-refractivity contribution >= 4 is 57.8 Å². The molecule has 2 aromatic heterocycles. The van der Waals surface area contributed by atoms with Crippen LogP contribution in [-0.4, -0.2) is 38.3 Å². The summed E-state index contributed by atoms with van der Waals surface area (Å²) in [6, 6.07) is 6.12. The molecule has 1 aliphatic heterocycles. The largest absolute Gasteiger partial charge is 0.329 e. The van der Waals surface area contributed by atoms with Crippen LogP contribution in [0.3, 0.4) is 0 Å². The van der Waals surface area contributed by atoms with Crippen LogP contribution in [0.5, 0.6) is 0 Å². The molecule has 2 atom stereocenters. The molecule has 0 bridgehead atoms. The summed E-state index contributed by atoms with van der Waals surface area (Å²) >= 11 is 12.2. The van der Waals surface area contributed by atoms with Crippen LogP contribution in [0, 0.1) is 5.82 Å². The first-order chi connectivity index (χ1) is 14.8. The molecule has 4 rings (SSSR count). The van der Waals surface area contributed by atoms with E-state index >= 15 is 0 Å². The zero-order valence-electron chi connectivity index (χ0n) is 16.6. The van der Waals surface area contributed by atoms with Gasteiger partial charge in [-0.1, -0.05) is 23.2 Å². The lowest BCUT2D eigenvalue weighted by molar-refractivity contribution is -0.105. The van der Waals surface area contributed by atoms with E-state index in [0.717, 1.165) is 33.3 Å². The van der Waals surface area contributed by atoms with E-state index in [1.165, 1.54) is 18.2 Å². The second kappa shape index (κ2) is 10.7. The van der Waals surface area contributed by atoms with Gasteiger partial charge in [0.15, 0.2) is 11.2 Å². The molecular formula is C19H20Cl2FN5O2S2. The molecule has 1 aromatic carbocycles. The molecule has 166 valence electrons. The molecule has 2 N–H and O–H groups in total. The molecule has 3 aromatic rings. The molecule has 1 amide bonds. The Morgan fingerprint density at radius 1 is 1.35 bits per heavy atom. The van der Waals surface area contributed by atoms with Crippen LogP contribution in [-0.2, 0) is 23.0 Å². The molecule has 1 fully saturated rings. The van der Waals surface area contributed by atoms with Crippen molar-refractivity contribution in [3.8, 4) is 11.1 Å². The first kappa shape index (κ1) is 23.8. The van der Waals surface area contributed by atoms with Crippen LogP contribution in [0.1, 0.15) is 17.3 Å². The van der Waals surface area contributed by atoms with Gasteiger partial charge in [0.05, 0.1) is 17.3 Å². The molecule has 1 unspecified atom stereocenters. The Hall–Kier alpha value is -1.82. The number of aryl methyl sites for hydroxylation is 1. The fourth-order valence-corrected chi connectivity index (χ4v) is 5.45. The van der Waals surface area contributed by atoms with E-state index in [0.29, 0.717) is 12.1 Å². The highest BCUT2D eigenvalue weighted by Crippen LogP contribution is 2.39. The van der Waals surface area contributed by atoms with E-state index in [-0.39, 0.29) is 11.1 Å². The van der Waals surface area contributed by atoms with Gasteiger partial charge in [0.1, 0.15) is 10.2 Å². The SMILES string of the molecule is CN1CC[C@@H](c2cc(-c3cnn(C)c3)c(Cl)s2)NS1=O.O=CNc1ccc(F)c(Cl)c1. The predicted molar refractivity (Wildman–Crippen MR) is 124 cm³/mol. The first-order valence-corrected chi connectivity index (χ1v) is 11.8. The third kappa shape index (κ3) is 6.12. The summed E-state index contributed by atoms with van der Waals surface area (Å²) in [7, 11) is 3.73. The number of halogens is 3. The maximum atomic E-state index is 12.5. The average molecular weight is 504 g/mol. The number of aromatic nitrogens is 2. The monoisotopic (exact) mass is 503 g/mol. The molecular weight excluding hydrogens is 484 g/mol. The summed E-state index contributed by atoms with van der Waals surface area (Å²) in [5, 5.41) is 6.51. The molecule has 0 radical (unpaired) electrons. The van der Waals surface area contributed by atoms with Crippen molar-refractivity contribution in [2.45, 2.75) is 12.5 Å². The van der Waals surface area contributed by atoms with Gasteiger partial charge in [-0.3, -0.25) is 9.48 Å². The van der Waals surface area contributed by atoms with Crippen LogP contribution in [0.15, 0.2) is 36.7 Å². The van der Waals surface area contributed by atoms with E-state index in [1.54, 1.807) is 26.5 Å². The quantitative estimate of drug-likeness (QED) is 0.518. The highest BCUT2D eigenvalue weighted by atomic mass is 35.5. The van der Waals surface area contributed by atoms with Gasteiger partial charge in [-0.15, -0.1) is 11.3 Å². The molecule has 0 saturated carbocycles. The molecule has 3 heterocycles. The molecule has 7 nitrogen and oxygen atoms in total. The summed E-state index contributed by atoms with van der Waals surface area (Å²) in [5.41, 5.74) is 2.48. The number of nitrogens with one attached hydrogen (secondary N) is 2. The predicted octanol–water partition coefficient (Wildman–Crippen LogP) is 4.39. The number of thiophene rings is 1. The van der Waals surface area contributed by atoms with E-state index < -0.39 is 17.0 Å². The zero-order chi connectivity index (χ0) is 22.5. The second-order valence-corrected chi connectivity index (χ2v) is 10.1. The van der Waals surface area contributed by atoms with Gasteiger partial charge >= 0.3 is 0 Å². The van der Waals surface area contributed by atoms with Gasteiger partial charge in [-0.25, -0.2) is 17.6 Å². The highest BCUT2D eigenvalue weighted by molar-refractivity contribution is 7.80. The summed E-state index contributed by atoms with van der Waals surface area (Å²) in [6.07, 6.45) is 5.17. The standard InChI is InChI=1S/C12H15ClN4OS2.C7H5ClFNO/c1-16-7-8(6-14-16)9-5-11(19-12(9)13)10-3-4-17(2)20(18)15-10;8-6-3-5(10-4-11)1-2-7(6)9/h5-7,10,15H,3-4H2,1-2H3;1-4H,(H,10,11)/t10-,20?;/m0./s1. The van der Waals surface area contributed by atoms with Crippen LogP contribution in [0.4, 0.5) is 10.1 Å². The topological polar surface area (TPSA) is 79.3 Å². The number of nitrogens with zero attached hydrogens (tertiary/aromatic N) is 3. The van der Waals surface area contributed by atoms with Crippen LogP contribution >= 0.6 is 34.5 Å². The van der Waals surface area contributed by atoms with Crippen LogP contribution in [0.2, 0.25) is 9.36 Å². The first-order valence-electron chi connectivity index (χ1n) is 9.11. The molecule has 0 spiro atoms. The second-order valence-electron chi connectivity index (χ2n) is 6.69. The minimum atomic E-state index is -1.12. The summed E-state index contributed by atoms with van der Waals surface area (Å²) in [6.45, 7) is 0.808. The lowest BCUT2D eigenvalue weighted by atomic mass is 10.1. The normalized spacial score (nSPS) is 18.9. The number of anilines is 1. The molecule has 1 aliphatic rings. The number of amides is 1. The van der Waals surface area contributed by atoms with Crippen molar-refractivity contribution in [3.63, 3.8) is 0 Å². The number of hydrogen-bond donors (Lipinski definition) is 2. The number of rotatable bonds is 4. The van der Waals surface area contributed by atoms with Crippen molar-refractivity contribution in [3.05, 3.63) is 56.7 Å². The number of carbonyl (C=O) groups is 1. The Balaban J connectivity index is 0.000000210. The lowest BCUT2D eigenvalue weighted by Crippen LogP contribution is -2.41. The molecule has 31 heavy (non-hydrogen) atoms. The average Bonchev–Trinajstić information content (AvgIpc) is 3.33. The summed E-state index contributed by atoms with van der Waals surface area (Å²) in [4.78, 5) is 11.0. The van der Waals surface area contributed by atoms with E-state index in [4.69, 9.17) is 23.2 Å². The van der Waals surface area contributed by atoms with Crippen molar-refractivity contribution < 1.29 is 13.4 Å². The van der Waals surface area contributed by atoms with Crippen molar-refractivity contribution in [1.29, 1.82) is 0 Å². The minimum absolute atomic E-state index is 0.00292. The van der Waals surface area contributed by atoms with Crippen LogP contribution in [0.25, 0.3) is 11.1 Å². The number of carbonyl (C=O) groups excluding carboxylic acids is 1. The van der Waals surface area contributed by atoms with E-state index in [2.05, 4.69) is 21.2 Å². The van der Waals surface area contributed by atoms with E-state index in [1.807, 2.05) is 20.3 Å². The Labute approximate surface area is 195 Å². The Morgan fingerprint density at radius 2 is 2.13 bits per heavy atom. The van der Waals surface area contributed by atoms with Crippen molar-refractivity contribution in [2.75, 3.05) is 18.9 Å². The van der Waals surface area contributed by atoms with Gasteiger partial charge in [0.25, 0.3) is 0 Å². The Kier molecular flexibility index (Phi) is 8.20. The van der Waals surface area contributed by atoms with Crippen LogP contribution < -0.4 is 10.0 Å². The maximum Gasteiger partial charge on any atom is 0.211 e. The molecule has 1 saturated heterocycles. The smallest absolute Gasteiger partial charge is 0.211 e. The summed E-state index contributed by atoms with van der Waals surface area (Å²) < 4.78 is 31.7.